The highest BCUT2D eigenvalue weighted by Gasteiger charge is 2.20. The molecule has 1 N–H and O–H groups in total. The number of nitrogens with zero attached hydrogens (tertiary/aromatic N) is 1. The normalized spacial score (nSPS) is 11.1. The summed E-state index contributed by atoms with van der Waals surface area (Å²) in [4.78, 5) is 16.1. The van der Waals surface area contributed by atoms with Gasteiger partial charge in [0.2, 0.25) is 0 Å². The number of H-pyrrole nitrogens is 1. The van der Waals surface area contributed by atoms with E-state index in [1.54, 1.807) is 6.07 Å². The Morgan fingerprint density at radius 2 is 1.58 bits per heavy atom. The number of hydrogen-bond donors (Lipinski definition) is 1. The molecule has 0 radical (unpaired) electrons. The Morgan fingerprint density at radius 1 is 0.839 bits per heavy atom. The van der Waals surface area contributed by atoms with E-state index in [2.05, 4.69) is 22.3 Å². The van der Waals surface area contributed by atoms with Crippen LogP contribution in [0.3, 0.4) is 0 Å². The quantitative estimate of drug-likeness (QED) is 0.359. The molecule has 0 saturated carbocycles. The van der Waals surface area contributed by atoms with Crippen molar-refractivity contribution < 1.29 is 4.52 Å². The highest BCUT2D eigenvalue weighted by atomic mass is 35.5. The van der Waals surface area contributed by atoms with Gasteiger partial charge >= 0.3 is 0 Å². The van der Waals surface area contributed by atoms with E-state index in [9.17, 15) is 4.79 Å². The fourth-order valence-corrected chi connectivity index (χ4v) is 4.04. The third kappa shape index (κ3) is 3.90. The third-order valence-electron chi connectivity index (χ3n) is 5.36. The van der Waals surface area contributed by atoms with Gasteiger partial charge in [0.05, 0.1) is 11.3 Å². The van der Waals surface area contributed by atoms with Gasteiger partial charge in [0, 0.05) is 27.6 Å². The van der Waals surface area contributed by atoms with E-state index in [0.717, 1.165) is 40.6 Å². The molecular weight excluding hydrogens is 408 g/mol. The second-order valence-electron chi connectivity index (χ2n) is 7.43. The van der Waals surface area contributed by atoms with Gasteiger partial charge in [0.15, 0.2) is 5.76 Å². The van der Waals surface area contributed by atoms with Crippen molar-refractivity contribution in [2.24, 2.45) is 0 Å². The summed E-state index contributed by atoms with van der Waals surface area (Å²) in [5.41, 5.74) is 4.70. The lowest BCUT2D eigenvalue weighted by molar-refractivity contribution is 0.423. The Balaban J connectivity index is 1.62. The van der Waals surface area contributed by atoms with Crippen molar-refractivity contribution in [2.45, 2.75) is 12.8 Å². The Labute approximate surface area is 184 Å². The molecule has 2 aromatic heterocycles. The van der Waals surface area contributed by atoms with Gasteiger partial charge in [0.1, 0.15) is 0 Å². The zero-order chi connectivity index (χ0) is 21.2. The Kier molecular flexibility index (Phi) is 5.14. The fourth-order valence-electron chi connectivity index (χ4n) is 3.87. The molecule has 5 heteroatoms. The SMILES string of the molecule is O=c1[nH]c2ccc(Cl)cc2c(-c2ccccc2)c1-c1cc(CCc2ccccc2)no1. The predicted octanol–water partition coefficient (Wildman–Crippen LogP) is 6.29. The van der Waals surface area contributed by atoms with Gasteiger partial charge in [-0.05, 0) is 42.2 Å². The molecule has 0 bridgehead atoms. The van der Waals surface area contributed by atoms with Crippen LogP contribution in [0.1, 0.15) is 11.3 Å². The zero-order valence-electron chi connectivity index (χ0n) is 16.6. The van der Waals surface area contributed by atoms with Gasteiger partial charge in [-0.15, -0.1) is 0 Å². The molecule has 0 aliphatic carbocycles. The number of nitrogens with one attached hydrogen (secondary N) is 1. The Hall–Kier alpha value is -3.63. The lowest BCUT2D eigenvalue weighted by atomic mass is 9.95. The van der Waals surface area contributed by atoms with Crippen molar-refractivity contribution in [2.75, 3.05) is 0 Å². The van der Waals surface area contributed by atoms with Crippen molar-refractivity contribution in [1.29, 1.82) is 0 Å². The van der Waals surface area contributed by atoms with Crippen molar-refractivity contribution in [3.8, 4) is 22.5 Å². The number of rotatable bonds is 5. The van der Waals surface area contributed by atoms with Gasteiger partial charge in [-0.3, -0.25) is 4.79 Å². The molecular formula is C26H19ClN2O2. The molecule has 0 spiro atoms. The monoisotopic (exact) mass is 426 g/mol. The smallest absolute Gasteiger partial charge is 0.260 e. The van der Waals surface area contributed by atoms with Crippen LogP contribution < -0.4 is 5.56 Å². The highest BCUT2D eigenvalue weighted by molar-refractivity contribution is 6.31. The maximum absolute atomic E-state index is 13.1. The molecule has 152 valence electrons. The summed E-state index contributed by atoms with van der Waals surface area (Å²) in [6.45, 7) is 0. The predicted molar refractivity (Wildman–Crippen MR) is 124 cm³/mol. The lowest BCUT2D eigenvalue weighted by Gasteiger charge is -2.11. The van der Waals surface area contributed by atoms with Gasteiger partial charge < -0.3 is 9.51 Å². The fraction of sp³-hybridized carbons (Fsp3) is 0.0769. The molecule has 31 heavy (non-hydrogen) atoms. The first-order valence-corrected chi connectivity index (χ1v) is 10.5. The number of halogens is 1. The van der Waals surface area contributed by atoms with E-state index in [-0.39, 0.29) is 5.56 Å². The molecule has 0 aliphatic rings. The molecule has 3 aromatic carbocycles. The minimum Gasteiger partial charge on any atom is -0.356 e. The van der Waals surface area contributed by atoms with Gasteiger partial charge in [-0.25, -0.2) is 0 Å². The minimum absolute atomic E-state index is 0.223. The summed E-state index contributed by atoms with van der Waals surface area (Å²) < 4.78 is 5.66. The first-order chi connectivity index (χ1) is 15.2. The number of aromatic amines is 1. The van der Waals surface area contributed by atoms with E-state index in [4.69, 9.17) is 16.1 Å². The average Bonchev–Trinajstić information content (AvgIpc) is 3.27. The molecule has 4 nitrogen and oxygen atoms in total. The van der Waals surface area contributed by atoms with Crippen molar-refractivity contribution in [3.63, 3.8) is 0 Å². The van der Waals surface area contributed by atoms with Crippen LogP contribution in [0.25, 0.3) is 33.4 Å². The standard InChI is InChI=1S/C26H19ClN2O2/c27-19-12-14-22-21(15-19)24(18-9-5-2-6-10-18)25(26(30)28-22)23-16-20(29-31-23)13-11-17-7-3-1-4-8-17/h1-10,12,14-16H,11,13H2,(H,28,30). The van der Waals surface area contributed by atoms with E-state index < -0.39 is 0 Å². The van der Waals surface area contributed by atoms with Crippen LogP contribution in [-0.4, -0.2) is 10.1 Å². The van der Waals surface area contributed by atoms with Crippen molar-refractivity contribution in [1.82, 2.24) is 10.1 Å². The molecule has 2 heterocycles. The largest absolute Gasteiger partial charge is 0.356 e. The zero-order valence-corrected chi connectivity index (χ0v) is 17.4. The van der Waals surface area contributed by atoms with Crippen LogP contribution in [0.15, 0.2) is 94.2 Å². The summed E-state index contributed by atoms with van der Waals surface area (Å²) in [5, 5.41) is 5.69. The van der Waals surface area contributed by atoms with Crippen LogP contribution >= 0.6 is 11.6 Å². The number of fused-ring (bicyclic) bond motifs is 1. The van der Waals surface area contributed by atoms with Crippen molar-refractivity contribution >= 4 is 22.5 Å². The molecule has 0 fully saturated rings. The van der Waals surface area contributed by atoms with E-state index >= 15 is 0 Å². The van der Waals surface area contributed by atoms with Crippen LogP contribution in [0.2, 0.25) is 5.02 Å². The molecule has 0 saturated heterocycles. The Bertz CT molecular complexity index is 1410. The minimum atomic E-state index is -0.223. The van der Waals surface area contributed by atoms with Crippen LogP contribution in [0.4, 0.5) is 0 Å². The topological polar surface area (TPSA) is 58.9 Å². The Morgan fingerprint density at radius 3 is 2.35 bits per heavy atom. The summed E-state index contributed by atoms with van der Waals surface area (Å²) in [6, 6.07) is 27.3. The summed E-state index contributed by atoms with van der Waals surface area (Å²) in [6.07, 6.45) is 1.58. The number of benzene rings is 3. The number of pyridine rings is 1. The van der Waals surface area contributed by atoms with Gasteiger partial charge in [-0.2, -0.15) is 0 Å². The van der Waals surface area contributed by atoms with Crippen LogP contribution in [0, 0.1) is 0 Å². The number of hydrogen-bond acceptors (Lipinski definition) is 3. The summed E-state index contributed by atoms with van der Waals surface area (Å²) in [5.74, 6) is 0.449. The molecule has 0 aliphatic heterocycles. The van der Waals surface area contributed by atoms with Gasteiger partial charge in [-0.1, -0.05) is 77.4 Å². The van der Waals surface area contributed by atoms with Crippen LogP contribution in [0.5, 0.6) is 0 Å². The maximum atomic E-state index is 13.1. The molecule has 0 amide bonds. The molecule has 0 unspecified atom stereocenters. The van der Waals surface area contributed by atoms with Crippen LogP contribution in [-0.2, 0) is 12.8 Å². The van der Waals surface area contributed by atoms with E-state index in [0.29, 0.717) is 16.3 Å². The first kappa shape index (κ1) is 19.3. The highest BCUT2D eigenvalue weighted by Crippen LogP contribution is 2.36. The molecule has 0 atom stereocenters. The number of aromatic nitrogens is 2. The lowest BCUT2D eigenvalue weighted by Crippen LogP contribution is -2.11. The second kappa shape index (κ2) is 8.25. The maximum Gasteiger partial charge on any atom is 0.260 e. The van der Waals surface area contributed by atoms with E-state index in [1.165, 1.54) is 5.56 Å². The number of aryl methyl sites for hydroxylation is 2. The van der Waals surface area contributed by atoms with Crippen molar-refractivity contribution in [3.05, 3.63) is 112 Å². The summed E-state index contributed by atoms with van der Waals surface area (Å²) in [7, 11) is 0. The average molecular weight is 427 g/mol. The first-order valence-electron chi connectivity index (χ1n) is 10.1. The summed E-state index contributed by atoms with van der Waals surface area (Å²) >= 11 is 6.29. The van der Waals surface area contributed by atoms with Gasteiger partial charge in [0.25, 0.3) is 5.56 Å². The second-order valence-corrected chi connectivity index (χ2v) is 7.86. The molecule has 5 rings (SSSR count). The molecule has 5 aromatic rings. The van der Waals surface area contributed by atoms with E-state index in [1.807, 2.05) is 66.7 Å². The third-order valence-corrected chi connectivity index (χ3v) is 5.59.